The molecule has 4 N–H and O–H groups in total. The van der Waals surface area contributed by atoms with Gasteiger partial charge in [0.2, 0.25) is 5.91 Å². The number of hydrogen-bond donors (Lipinski definition) is 4. The minimum absolute atomic E-state index is 0.0907. The molecule has 188 valence electrons. The first kappa shape index (κ1) is 21.2. The van der Waals surface area contributed by atoms with Gasteiger partial charge in [-0.2, -0.15) is 10.2 Å². The lowest BCUT2D eigenvalue weighted by Crippen LogP contribution is -2.22. The van der Waals surface area contributed by atoms with Crippen molar-refractivity contribution in [3.63, 3.8) is 0 Å². The maximum atomic E-state index is 12.7. The Morgan fingerprint density at radius 1 is 1.17 bits per heavy atom. The van der Waals surface area contributed by atoms with E-state index in [9.17, 15) is 14.7 Å². The van der Waals surface area contributed by atoms with Crippen LogP contribution in [0.15, 0.2) is 36.4 Å². The number of carbonyl (C=O) groups is 2. The molecular weight excluding hydrogens is 462 g/mol. The van der Waals surface area contributed by atoms with Gasteiger partial charge in [-0.05, 0) is 50.5 Å². The summed E-state index contributed by atoms with van der Waals surface area (Å²) in [6, 6.07) is 9.97. The summed E-state index contributed by atoms with van der Waals surface area (Å²) >= 11 is 0. The Bertz CT molecular complexity index is 1380. The Hall–Kier alpha value is -4.12. The molecule has 1 fully saturated rings. The van der Waals surface area contributed by atoms with E-state index in [0.29, 0.717) is 34.8 Å². The lowest BCUT2D eigenvalue weighted by atomic mass is 9.98. The minimum atomic E-state index is -2.75. The van der Waals surface area contributed by atoms with Crippen molar-refractivity contribution in [3.05, 3.63) is 47.8 Å². The molecular formula is C25H29N7O4. The van der Waals surface area contributed by atoms with E-state index in [0.717, 1.165) is 12.8 Å². The van der Waals surface area contributed by atoms with Crippen molar-refractivity contribution < 1.29 is 23.5 Å². The fourth-order valence-corrected chi connectivity index (χ4v) is 3.50. The van der Waals surface area contributed by atoms with Crippen molar-refractivity contribution in [2.45, 2.75) is 38.7 Å². The molecule has 0 spiro atoms. The first-order chi connectivity index (χ1) is 18.4. The SMILES string of the molecule is [2H]C([2H])([2H])NC(=O)c1nnc(NC(=O)C2CC2)cc1Nc1cccc(-c2ccc(C(C)(O)CC)nn2)c1OC. The Labute approximate surface area is 212 Å². The second-order valence-electron chi connectivity index (χ2n) is 8.65. The molecule has 11 nitrogen and oxygen atoms in total. The zero-order chi connectivity index (χ0) is 28.4. The monoisotopic (exact) mass is 494 g/mol. The number of para-hydroxylation sites is 1. The number of aliphatic hydroxyl groups is 1. The molecule has 3 aromatic rings. The molecule has 0 bridgehead atoms. The van der Waals surface area contributed by atoms with Gasteiger partial charge in [-0.3, -0.25) is 9.59 Å². The lowest BCUT2D eigenvalue weighted by Gasteiger charge is -2.20. The number of benzene rings is 1. The molecule has 1 unspecified atom stereocenters. The van der Waals surface area contributed by atoms with Crippen LogP contribution in [0.4, 0.5) is 17.2 Å². The maximum absolute atomic E-state index is 12.7. The molecule has 2 aromatic heterocycles. The highest BCUT2D eigenvalue weighted by molar-refractivity contribution is 6.00. The Kier molecular flexibility index (Phi) is 6.03. The molecule has 0 radical (unpaired) electrons. The van der Waals surface area contributed by atoms with Crippen molar-refractivity contribution in [1.82, 2.24) is 25.7 Å². The van der Waals surface area contributed by atoms with Gasteiger partial charge in [0.15, 0.2) is 17.3 Å². The van der Waals surface area contributed by atoms with Gasteiger partial charge in [-0.15, -0.1) is 10.2 Å². The molecule has 36 heavy (non-hydrogen) atoms. The van der Waals surface area contributed by atoms with E-state index < -0.39 is 18.5 Å². The first-order valence-corrected chi connectivity index (χ1v) is 11.4. The quantitative estimate of drug-likeness (QED) is 0.352. The van der Waals surface area contributed by atoms with Crippen molar-refractivity contribution in [1.29, 1.82) is 0 Å². The van der Waals surface area contributed by atoms with Crippen LogP contribution < -0.4 is 20.7 Å². The van der Waals surface area contributed by atoms with E-state index in [1.807, 2.05) is 12.2 Å². The van der Waals surface area contributed by atoms with Gasteiger partial charge in [0.1, 0.15) is 5.60 Å². The summed E-state index contributed by atoms with van der Waals surface area (Å²) in [5, 5.41) is 34.3. The lowest BCUT2D eigenvalue weighted by molar-refractivity contribution is -0.117. The predicted octanol–water partition coefficient (Wildman–Crippen LogP) is 3.01. The van der Waals surface area contributed by atoms with E-state index in [2.05, 4.69) is 31.0 Å². The predicted molar refractivity (Wildman–Crippen MR) is 134 cm³/mol. The van der Waals surface area contributed by atoms with E-state index in [1.165, 1.54) is 13.2 Å². The molecule has 1 aliphatic carbocycles. The zero-order valence-electron chi connectivity index (χ0n) is 23.1. The van der Waals surface area contributed by atoms with Crippen molar-refractivity contribution in [2.75, 3.05) is 24.7 Å². The normalized spacial score (nSPS) is 16.1. The van der Waals surface area contributed by atoms with Gasteiger partial charge >= 0.3 is 0 Å². The number of carbonyl (C=O) groups excluding carboxylic acids is 2. The average molecular weight is 495 g/mol. The summed E-state index contributed by atoms with van der Waals surface area (Å²) in [5.41, 5.74) is 0.536. The second-order valence-corrected chi connectivity index (χ2v) is 8.65. The molecule has 11 heteroatoms. The van der Waals surface area contributed by atoms with Crippen LogP contribution in [0.3, 0.4) is 0 Å². The fourth-order valence-electron chi connectivity index (χ4n) is 3.50. The van der Waals surface area contributed by atoms with Gasteiger partial charge in [-0.1, -0.05) is 13.0 Å². The Balaban J connectivity index is 1.71. The van der Waals surface area contributed by atoms with Crippen molar-refractivity contribution in [3.8, 4) is 17.0 Å². The van der Waals surface area contributed by atoms with Crippen molar-refractivity contribution >= 4 is 29.0 Å². The fraction of sp³-hybridized carbons (Fsp3) is 0.360. The van der Waals surface area contributed by atoms with Crippen LogP contribution in [0.1, 0.15) is 53.4 Å². The summed E-state index contributed by atoms with van der Waals surface area (Å²) in [7, 11) is 1.46. The topological polar surface area (TPSA) is 151 Å². The number of hydrogen-bond acceptors (Lipinski definition) is 9. The molecule has 0 saturated heterocycles. The molecule has 1 atom stereocenters. The smallest absolute Gasteiger partial charge is 0.273 e. The van der Waals surface area contributed by atoms with Gasteiger partial charge in [-0.25, -0.2) is 0 Å². The van der Waals surface area contributed by atoms with Gasteiger partial charge in [0.25, 0.3) is 5.91 Å². The Morgan fingerprint density at radius 3 is 2.61 bits per heavy atom. The third-order valence-corrected chi connectivity index (χ3v) is 5.99. The average Bonchev–Trinajstić information content (AvgIpc) is 3.73. The second kappa shape index (κ2) is 10.2. The third kappa shape index (κ3) is 5.25. The number of methoxy groups -OCH3 is 1. The highest BCUT2D eigenvalue weighted by Gasteiger charge is 2.30. The van der Waals surface area contributed by atoms with Gasteiger partial charge in [0, 0.05) is 28.6 Å². The summed E-state index contributed by atoms with van der Waals surface area (Å²) in [4.78, 5) is 25.0. The molecule has 1 aromatic carbocycles. The number of anilines is 3. The van der Waals surface area contributed by atoms with Crippen LogP contribution in [0.5, 0.6) is 5.75 Å². The molecule has 1 saturated carbocycles. The van der Waals surface area contributed by atoms with Crippen LogP contribution in [-0.2, 0) is 10.4 Å². The largest absolute Gasteiger partial charge is 0.494 e. The van der Waals surface area contributed by atoms with Gasteiger partial charge < -0.3 is 25.8 Å². The van der Waals surface area contributed by atoms with E-state index in [1.54, 1.807) is 37.3 Å². The molecule has 1 aliphatic rings. The van der Waals surface area contributed by atoms with Crippen LogP contribution >= 0.6 is 0 Å². The number of aromatic nitrogens is 4. The Morgan fingerprint density at radius 2 is 1.97 bits per heavy atom. The summed E-state index contributed by atoms with van der Waals surface area (Å²) in [6.07, 6.45) is 2.03. The van der Waals surface area contributed by atoms with E-state index >= 15 is 0 Å². The minimum Gasteiger partial charge on any atom is -0.494 e. The van der Waals surface area contributed by atoms with Crippen molar-refractivity contribution in [2.24, 2.45) is 5.92 Å². The molecule has 4 rings (SSSR count). The highest BCUT2D eigenvalue weighted by atomic mass is 16.5. The number of nitrogens with zero attached hydrogens (tertiary/aromatic N) is 4. The maximum Gasteiger partial charge on any atom is 0.273 e. The third-order valence-electron chi connectivity index (χ3n) is 5.99. The standard InChI is InChI=1S/C25H29N7O4/c1-5-25(2,35)19-12-11-16(29-30-19)15-7-6-8-17(22(15)36-4)27-18-13-20(28-23(33)14-9-10-14)31-32-21(18)24(34)26-3/h6-8,11-14,35H,5,9-10H2,1-4H3,(H,26,34)(H2,27,28,31,33)/i3D3. The summed E-state index contributed by atoms with van der Waals surface area (Å²) in [5.74, 6) is -0.834. The van der Waals surface area contributed by atoms with Crippen LogP contribution in [0, 0.1) is 5.92 Å². The number of ether oxygens (including phenoxy) is 1. The number of nitrogens with one attached hydrogen (secondary N) is 3. The molecule has 2 heterocycles. The van der Waals surface area contributed by atoms with Crippen LogP contribution in [0.25, 0.3) is 11.3 Å². The molecule has 2 amide bonds. The zero-order valence-corrected chi connectivity index (χ0v) is 20.1. The van der Waals surface area contributed by atoms with Crippen LogP contribution in [-0.4, -0.2) is 51.4 Å². The van der Waals surface area contributed by atoms with Gasteiger partial charge in [0.05, 0.1) is 29.9 Å². The van der Waals surface area contributed by atoms with Crippen LogP contribution in [0.2, 0.25) is 0 Å². The van der Waals surface area contributed by atoms with E-state index in [-0.39, 0.29) is 29.0 Å². The first-order valence-electron chi connectivity index (χ1n) is 12.9. The summed E-state index contributed by atoms with van der Waals surface area (Å²) < 4.78 is 27.8. The summed E-state index contributed by atoms with van der Waals surface area (Å²) in [6.45, 7) is 0.753. The molecule has 0 aliphatic heterocycles. The number of rotatable bonds is 9. The van der Waals surface area contributed by atoms with E-state index in [4.69, 9.17) is 8.85 Å². The number of amides is 2. The highest BCUT2D eigenvalue weighted by Crippen LogP contribution is 2.38.